The molecule has 0 aliphatic heterocycles. The van der Waals surface area contributed by atoms with E-state index in [1.54, 1.807) is 5.57 Å². The maximum atomic E-state index is 2.45. The van der Waals surface area contributed by atoms with Crippen LogP contribution in [0.25, 0.3) is 6.08 Å². The first-order chi connectivity index (χ1) is 9.37. The normalized spacial score (nSPS) is 13.6. The molecule has 0 N–H and O–H groups in total. The van der Waals surface area contributed by atoms with Gasteiger partial charge < -0.3 is 0 Å². The van der Waals surface area contributed by atoms with Crippen LogP contribution in [0.15, 0.2) is 35.9 Å². The summed E-state index contributed by atoms with van der Waals surface area (Å²) in [4.78, 5) is 0. The topological polar surface area (TPSA) is 0 Å². The summed E-state index contributed by atoms with van der Waals surface area (Å²) in [5, 5.41) is 0. The first-order valence-electron chi connectivity index (χ1n) is 8.13. The highest BCUT2D eigenvalue weighted by Gasteiger charge is 2.31. The van der Waals surface area contributed by atoms with Gasteiger partial charge >= 0.3 is 0 Å². The fraction of sp³-hybridized carbons (Fsp3) is 0.579. The van der Waals surface area contributed by atoms with Gasteiger partial charge in [-0.15, -0.1) is 0 Å². The van der Waals surface area contributed by atoms with Gasteiger partial charge in [-0.3, -0.25) is 0 Å². The highest BCUT2D eigenvalue weighted by molar-refractivity contribution is 6.80. The second kappa shape index (κ2) is 7.26. The van der Waals surface area contributed by atoms with E-state index in [9.17, 15) is 0 Å². The van der Waals surface area contributed by atoms with Crippen molar-refractivity contribution < 1.29 is 0 Å². The van der Waals surface area contributed by atoms with Gasteiger partial charge in [0.15, 0.2) is 0 Å². The highest BCUT2D eigenvalue weighted by atomic mass is 28.3. The van der Waals surface area contributed by atoms with Gasteiger partial charge in [0.05, 0.1) is 8.07 Å². The molecule has 0 radical (unpaired) electrons. The zero-order chi connectivity index (χ0) is 15.2. The van der Waals surface area contributed by atoms with Crippen LogP contribution in [-0.2, 0) is 0 Å². The SMILES string of the molecule is CC[Si](CC)(CC)C/C(=C/c1ccccc1)C(C)(C)C. The molecule has 1 aromatic rings. The molecule has 0 unspecified atom stereocenters. The maximum absolute atomic E-state index is 2.45. The van der Waals surface area contributed by atoms with E-state index in [2.05, 4.69) is 78.0 Å². The van der Waals surface area contributed by atoms with Crippen LogP contribution in [-0.4, -0.2) is 8.07 Å². The first-order valence-corrected chi connectivity index (χ1v) is 11.0. The van der Waals surface area contributed by atoms with Gasteiger partial charge in [0, 0.05) is 0 Å². The summed E-state index contributed by atoms with van der Waals surface area (Å²) in [5.74, 6) is 0. The summed E-state index contributed by atoms with van der Waals surface area (Å²) < 4.78 is 0. The Hall–Kier alpha value is -0.823. The molecule has 0 aromatic heterocycles. The third-order valence-corrected chi connectivity index (χ3v) is 10.6. The third kappa shape index (κ3) is 4.62. The molecule has 0 amide bonds. The monoisotopic (exact) mass is 288 g/mol. The van der Waals surface area contributed by atoms with Crippen LogP contribution in [0, 0.1) is 5.41 Å². The summed E-state index contributed by atoms with van der Waals surface area (Å²) in [5.41, 5.74) is 3.26. The van der Waals surface area contributed by atoms with E-state index in [0.717, 1.165) is 0 Å². The van der Waals surface area contributed by atoms with Gasteiger partial charge in [-0.1, -0.05) is 102 Å². The summed E-state index contributed by atoms with van der Waals surface area (Å²) in [6.07, 6.45) is 2.45. The highest BCUT2D eigenvalue weighted by Crippen LogP contribution is 2.38. The van der Waals surface area contributed by atoms with Crippen LogP contribution >= 0.6 is 0 Å². The van der Waals surface area contributed by atoms with Crippen molar-refractivity contribution >= 4 is 14.1 Å². The van der Waals surface area contributed by atoms with E-state index < -0.39 is 8.07 Å². The quantitative estimate of drug-likeness (QED) is 0.516. The molecule has 0 atom stereocenters. The molecule has 1 aromatic carbocycles. The lowest BCUT2D eigenvalue weighted by atomic mass is 9.86. The average molecular weight is 289 g/mol. The van der Waals surface area contributed by atoms with E-state index in [1.165, 1.54) is 29.7 Å². The van der Waals surface area contributed by atoms with Gasteiger partial charge in [-0.05, 0) is 17.0 Å². The third-order valence-electron chi connectivity index (χ3n) is 4.92. The molecular weight excluding hydrogens is 256 g/mol. The van der Waals surface area contributed by atoms with Crippen molar-refractivity contribution in [3.63, 3.8) is 0 Å². The Morgan fingerprint density at radius 3 is 1.85 bits per heavy atom. The molecule has 0 fully saturated rings. The fourth-order valence-corrected chi connectivity index (χ4v) is 6.50. The molecule has 0 nitrogen and oxygen atoms in total. The van der Waals surface area contributed by atoms with Crippen molar-refractivity contribution in [2.24, 2.45) is 5.41 Å². The van der Waals surface area contributed by atoms with Crippen LogP contribution in [0.4, 0.5) is 0 Å². The zero-order valence-corrected chi connectivity index (χ0v) is 15.3. The van der Waals surface area contributed by atoms with Crippen molar-refractivity contribution in [2.75, 3.05) is 0 Å². The Kier molecular flexibility index (Phi) is 6.26. The summed E-state index contributed by atoms with van der Waals surface area (Å²) in [7, 11) is -1.11. The van der Waals surface area contributed by atoms with Crippen molar-refractivity contribution in [3.8, 4) is 0 Å². The summed E-state index contributed by atoms with van der Waals surface area (Å²) in [6, 6.07) is 16.4. The van der Waals surface area contributed by atoms with E-state index >= 15 is 0 Å². The number of benzene rings is 1. The molecule has 0 heterocycles. The van der Waals surface area contributed by atoms with Crippen LogP contribution in [0.1, 0.15) is 47.1 Å². The minimum absolute atomic E-state index is 0.271. The predicted molar refractivity (Wildman–Crippen MR) is 95.9 cm³/mol. The van der Waals surface area contributed by atoms with Gasteiger partial charge in [-0.25, -0.2) is 0 Å². The molecule has 0 saturated carbocycles. The Morgan fingerprint density at radius 1 is 0.950 bits per heavy atom. The Balaban J connectivity index is 3.12. The van der Waals surface area contributed by atoms with Crippen molar-refractivity contribution in [3.05, 3.63) is 41.5 Å². The standard InChI is InChI=1S/C19H32Si/c1-7-20(8-2,9-3)16-18(19(4,5)6)15-17-13-11-10-12-14-17/h10-15H,7-9,16H2,1-6H3/b18-15-. The number of hydrogen-bond acceptors (Lipinski definition) is 0. The molecule has 20 heavy (non-hydrogen) atoms. The smallest absolute Gasteiger partial charge is 0.0568 e. The molecule has 0 aliphatic rings. The predicted octanol–water partition coefficient (Wildman–Crippen LogP) is 6.62. The lowest BCUT2D eigenvalue weighted by molar-refractivity contribution is 0.505. The largest absolute Gasteiger partial charge is 0.0678 e. The van der Waals surface area contributed by atoms with Crippen molar-refractivity contribution in [1.82, 2.24) is 0 Å². The van der Waals surface area contributed by atoms with Crippen LogP contribution in [0.5, 0.6) is 0 Å². The number of rotatable bonds is 6. The van der Waals surface area contributed by atoms with Crippen LogP contribution < -0.4 is 0 Å². The molecule has 0 aliphatic carbocycles. The molecule has 0 saturated heterocycles. The molecular formula is C19H32Si. The molecule has 0 spiro atoms. The summed E-state index contributed by atoms with van der Waals surface area (Å²) in [6.45, 7) is 14.3. The maximum Gasteiger partial charge on any atom is 0.0568 e. The Labute approximate surface area is 127 Å². The second-order valence-corrected chi connectivity index (χ2v) is 12.5. The second-order valence-electron chi connectivity index (χ2n) is 7.07. The van der Waals surface area contributed by atoms with Crippen molar-refractivity contribution in [2.45, 2.75) is 65.7 Å². The van der Waals surface area contributed by atoms with Gasteiger partial charge in [-0.2, -0.15) is 0 Å². The van der Waals surface area contributed by atoms with E-state index in [-0.39, 0.29) is 5.41 Å². The Morgan fingerprint density at radius 2 is 1.45 bits per heavy atom. The first kappa shape index (κ1) is 17.2. The van der Waals surface area contributed by atoms with E-state index in [4.69, 9.17) is 0 Å². The molecule has 1 rings (SSSR count). The average Bonchev–Trinajstić information content (AvgIpc) is 2.44. The van der Waals surface area contributed by atoms with E-state index in [0.29, 0.717) is 0 Å². The zero-order valence-electron chi connectivity index (χ0n) is 14.3. The van der Waals surface area contributed by atoms with E-state index in [1.807, 2.05) is 0 Å². The summed E-state index contributed by atoms with van der Waals surface area (Å²) >= 11 is 0. The molecule has 0 bridgehead atoms. The molecule has 112 valence electrons. The lowest BCUT2D eigenvalue weighted by Gasteiger charge is -2.34. The van der Waals surface area contributed by atoms with Crippen molar-refractivity contribution in [1.29, 1.82) is 0 Å². The lowest BCUT2D eigenvalue weighted by Crippen LogP contribution is -2.33. The minimum atomic E-state index is -1.11. The fourth-order valence-electron chi connectivity index (χ4n) is 2.81. The number of hydrogen-bond donors (Lipinski definition) is 0. The van der Waals surface area contributed by atoms with Gasteiger partial charge in [0.1, 0.15) is 0 Å². The van der Waals surface area contributed by atoms with Crippen LogP contribution in [0.2, 0.25) is 24.2 Å². The number of allylic oxidation sites excluding steroid dienone is 1. The minimum Gasteiger partial charge on any atom is -0.0678 e. The Bertz CT molecular complexity index is 411. The molecule has 1 heteroatoms. The van der Waals surface area contributed by atoms with Gasteiger partial charge in [0.2, 0.25) is 0 Å². The van der Waals surface area contributed by atoms with Gasteiger partial charge in [0.25, 0.3) is 0 Å². The van der Waals surface area contributed by atoms with Crippen LogP contribution in [0.3, 0.4) is 0 Å².